The normalized spacial score (nSPS) is 17.9. The van der Waals surface area contributed by atoms with E-state index in [2.05, 4.69) is 81.5 Å². The molecule has 2 N–H and O–H groups in total. The third-order valence-corrected chi connectivity index (χ3v) is 8.05. The summed E-state index contributed by atoms with van der Waals surface area (Å²) in [6.45, 7) is 1.56. The summed E-state index contributed by atoms with van der Waals surface area (Å²) in [5.74, 6) is 1.38. The molecule has 7 rings (SSSR count). The van der Waals surface area contributed by atoms with Crippen LogP contribution in [0, 0.1) is 0 Å². The predicted octanol–water partition coefficient (Wildman–Crippen LogP) is 5.84. The van der Waals surface area contributed by atoms with Gasteiger partial charge in [-0.15, -0.1) is 10.2 Å². The molecule has 0 atom stereocenters. The number of hydrogen-bond donors (Lipinski definition) is 1. The molecule has 3 aromatic heterocycles. The maximum Gasteiger partial charge on any atom is 0.170 e. The first-order valence-electron chi connectivity index (χ1n) is 12.9. The molecule has 6 nitrogen and oxygen atoms in total. The van der Waals surface area contributed by atoms with Gasteiger partial charge in [0, 0.05) is 47.4 Å². The van der Waals surface area contributed by atoms with Crippen LogP contribution in [0.2, 0.25) is 0 Å². The molecule has 0 amide bonds. The number of benzene rings is 2. The lowest BCUT2D eigenvalue weighted by atomic mass is 9.72. The number of nitrogens with two attached hydrogens (primary N) is 1. The summed E-state index contributed by atoms with van der Waals surface area (Å²) in [5, 5.41) is 10.3. The Hall–Kier alpha value is -3.61. The molecule has 0 unspecified atom stereocenters. The molecule has 1 saturated heterocycles. The molecule has 180 valence electrons. The molecule has 6 heteroatoms. The minimum Gasteiger partial charge on any atom is -0.381 e. The molecule has 2 fully saturated rings. The van der Waals surface area contributed by atoms with E-state index in [1.807, 2.05) is 6.07 Å². The Morgan fingerprint density at radius 1 is 0.889 bits per heavy atom. The van der Waals surface area contributed by atoms with E-state index in [9.17, 15) is 0 Å². The molecule has 0 spiro atoms. The van der Waals surface area contributed by atoms with Crippen LogP contribution < -0.4 is 5.73 Å². The molecule has 2 aromatic carbocycles. The Balaban J connectivity index is 1.39. The highest BCUT2D eigenvalue weighted by atomic mass is 16.5. The summed E-state index contributed by atoms with van der Waals surface area (Å²) in [5.41, 5.74) is 13.7. The van der Waals surface area contributed by atoms with Crippen molar-refractivity contribution < 1.29 is 4.74 Å². The van der Waals surface area contributed by atoms with Gasteiger partial charge in [-0.05, 0) is 55.4 Å². The Morgan fingerprint density at radius 3 is 2.39 bits per heavy atom. The van der Waals surface area contributed by atoms with Gasteiger partial charge in [-0.2, -0.15) is 0 Å². The number of pyridine rings is 2. The van der Waals surface area contributed by atoms with Crippen LogP contribution in [-0.2, 0) is 10.3 Å². The Bertz CT molecular complexity index is 1550. The van der Waals surface area contributed by atoms with Crippen molar-refractivity contribution in [2.24, 2.45) is 5.73 Å². The summed E-state index contributed by atoms with van der Waals surface area (Å²) in [6.07, 6.45) is 7.34. The van der Waals surface area contributed by atoms with E-state index in [1.54, 1.807) is 0 Å². The molecule has 1 aliphatic carbocycles. The van der Waals surface area contributed by atoms with Crippen LogP contribution in [0.3, 0.4) is 0 Å². The van der Waals surface area contributed by atoms with Crippen LogP contribution in [-0.4, -0.2) is 32.8 Å². The van der Waals surface area contributed by atoms with Gasteiger partial charge in [0.2, 0.25) is 0 Å². The van der Waals surface area contributed by atoms with Gasteiger partial charge in [-0.25, -0.2) is 4.98 Å². The van der Waals surface area contributed by atoms with Crippen LogP contribution in [0.4, 0.5) is 0 Å². The fourth-order valence-electron chi connectivity index (χ4n) is 5.71. The lowest BCUT2D eigenvalue weighted by molar-refractivity contribution is 0.0834. The molecule has 5 aromatic rings. The largest absolute Gasteiger partial charge is 0.381 e. The summed E-state index contributed by atoms with van der Waals surface area (Å²) >= 11 is 0. The quantitative estimate of drug-likeness (QED) is 0.353. The SMILES string of the molecule is NC1(c2ccc(-c3nc4ccn5c(C6CCOCC6)nnc5c4cc3-c3ccccc3)cc2)CCC1. The van der Waals surface area contributed by atoms with Crippen molar-refractivity contribution in [2.45, 2.75) is 43.6 Å². The zero-order chi connectivity index (χ0) is 24.1. The van der Waals surface area contributed by atoms with E-state index < -0.39 is 0 Å². The van der Waals surface area contributed by atoms with Gasteiger partial charge in [-0.3, -0.25) is 4.40 Å². The Morgan fingerprint density at radius 2 is 1.67 bits per heavy atom. The second kappa shape index (κ2) is 8.50. The summed E-state index contributed by atoms with van der Waals surface area (Å²) < 4.78 is 7.70. The fraction of sp³-hybridized carbons (Fsp3) is 0.300. The summed E-state index contributed by atoms with van der Waals surface area (Å²) in [4.78, 5) is 5.19. The zero-order valence-corrected chi connectivity index (χ0v) is 20.2. The van der Waals surface area contributed by atoms with E-state index in [4.69, 9.17) is 15.5 Å². The van der Waals surface area contributed by atoms with Crippen LogP contribution in [0.5, 0.6) is 0 Å². The lowest BCUT2D eigenvalue weighted by Gasteiger charge is -2.38. The van der Waals surface area contributed by atoms with Gasteiger partial charge in [-0.1, -0.05) is 54.6 Å². The van der Waals surface area contributed by atoms with E-state index in [0.717, 1.165) is 83.7 Å². The number of aromatic nitrogens is 4. The monoisotopic (exact) mass is 475 g/mol. The number of hydrogen-bond acceptors (Lipinski definition) is 5. The number of fused-ring (bicyclic) bond motifs is 3. The first-order valence-corrected chi connectivity index (χ1v) is 12.9. The highest BCUT2D eigenvalue weighted by molar-refractivity contribution is 5.98. The average molecular weight is 476 g/mol. The fourth-order valence-corrected chi connectivity index (χ4v) is 5.71. The molecular formula is C30H29N5O. The van der Waals surface area contributed by atoms with Gasteiger partial charge in [0.05, 0.1) is 11.2 Å². The molecule has 4 heterocycles. The number of nitrogens with zero attached hydrogens (tertiary/aromatic N) is 4. The second-order valence-corrected chi connectivity index (χ2v) is 10.2. The minimum atomic E-state index is -0.168. The van der Waals surface area contributed by atoms with E-state index in [-0.39, 0.29) is 5.54 Å². The van der Waals surface area contributed by atoms with Crippen LogP contribution in [0.1, 0.15) is 49.4 Å². The van der Waals surface area contributed by atoms with Gasteiger partial charge >= 0.3 is 0 Å². The van der Waals surface area contributed by atoms with E-state index in [0.29, 0.717) is 5.92 Å². The number of ether oxygens (including phenoxy) is 1. The lowest BCUT2D eigenvalue weighted by Crippen LogP contribution is -2.43. The molecule has 0 radical (unpaired) electrons. The maximum absolute atomic E-state index is 6.58. The van der Waals surface area contributed by atoms with Crippen molar-refractivity contribution in [1.82, 2.24) is 19.6 Å². The van der Waals surface area contributed by atoms with Gasteiger partial charge < -0.3 is 10.5 Å². The summed E-state index contributed by atoms with van der Waals surface area (Å²) in [7, 11) is 0. The molecule has 36 heavy (non-hydrogen) atoms. The van der Waals surface area contributed by atoms with E-state index in [1.165, 1.54) is 12.0 Å². The van der Waals surface area contributed by atoms with Crippen molar-refractivity contribution in [3.63, 3.8) is 0 Å². The van der Waals surface area contributed by atoms with Gasteiger partial charge in [0.15, 0.2) is 5.65 Å². The molecular weight excluding hydrogens is 446 g/mol. The number of rotatable bonds is 4. The summed E-state index contributed by atoms with van der Waals surface area (Å²) in [6, 6.07) is 23.5. The minimum absolute atomic E-state index is 0.168. The van der Waals surface area contributed by atoms with Crippen molar-refractivity contribution in [2.75, 3.05) is 13.2 Å². The molecule has 0 bridgehead atoms. The first-order chi connectivity index (χ1) is 17.7. The van der Waals surface area contributed by atoms with Crippen LogP contribution in [0.15, 0.2) is 72.9 Å². The van der Waals surface area contributed by atoms with Crippen molar-refractivity contribution in [1.29, 1.82) is 0 Å². The highest BCUT2D eigenvalue weighted by Gasteiger charge is 2.34. The zero-order valence-electron chi connectivity index (χ0n) is 20.2. The molecule has 1 aliphatic heterocycles. The molecule has 1 saturated carbocycles. The van der Waals surface area contributed by atoms with Gasteiger partial charge in [0.1, 0.15) is 5.82 Å². The Labute approximate surface area is 210 Å². The maximum atomic E-state index is 6.58. The third kappa shape index (κ3) is 3.52. The topological polar surface area (TPSA) is 78.3 Å². The smallest absolute Gasteiger partial charge is 0.170 e. The van der Waals surface area contributed by atoms with Crippen molar-refractivity contribution >= 4 is 16.6 Å². The van der Waals surface area contributed by atoms with Crippen molar-refractivity contribution in [3.05, 3.63) is 84.3 Å². The first kappa shape index (κ1) is 21.7. The second-order valence-electron chi connectivity index (χ2n) is 10.2. The van der Waals surface area contributed by atoms with Crippen LogP contribution in [0.25, 0.3) is 38.9 Å². The highest BCUT2D eigenvalue weighted by Crippen LogP contribution is 2.40. The standard InChI is InChI=1S/C30H29N5O/c31-30(14-4-15-30)23-9-7-21(8-10-23)27-24(20-5-2-1-3-6-20)19-25-26(32-27)11-16-35-28(33-34-29(25)35)22-12-17-36-18-13-22/h1-3,5-11,16,19,22H,4,12-15,17-18,31H2. The third-order valence-electron chi connectivity index (χ3n) is 8.05. The van der Waals surface area contributed by atoms with Gasteiger partial charge in [0.25, 0.3) is 0 Å². The van der Waals surface area contributed by atoms with E-state index >= 15 is 0 Å². The Kier molecular flexibility index (Phi) is 5.11. The average Bonchev–Trinajstić information content (AvgIpc) is 3.37. The van der Waals surface area contributed by atoms with Crippen LogP contribution >= 0.6 is 0 Å². The predicted molar refractivity (Wildman–Crippen MR) is 142 cm³/mol. The molecule has 2 aliphatic rings. The van der Waals surface area contributed by atoms with Crippen molar-refractivity contribution in [3.8, 4) is 22.4 Å².